The molecule has 0 aliphatic rings. The Hall–Kier alpha value is -0.930. The predicted molar refractivity (Wildman–Crippen MR) is 60.8 cm³/mol. The zero-order valence-electron chi connectivity index (χ0n) is 8.43. The van der Waals surface area contributed by atoms with Gasteiger partial charge in [0.25, 0.3) is 0 Å². The van der Waals surface area contributed by atoms with Crippen LogP contribution in [0.1, 0.15) is 11.1 Å². The summed E-state index contributed by atoms with van der Waals surface area (Å²) in [6.07, 6.45) is 0. The number of aryl methyl sites for hydroxylation is 1. The second kappa shape index (κ2) is 5.24. The average molecular weight is 248 g/mol. The van der Waals surface area contributed by atoms with Crippen molar-refractivity contribution in [1.82, 2.24) is 5.32 Å². The first-order chi connectivity index (χ1) is 7.04. The molecule has 1 N–H and O–H groups in total. The molecule has 3 nitrogen and oxygen atoms in total. The number of methoxy groups -OCH3 is 1. The molecular weight excluding hydrogens is 237 g/mol. The fraction of sp³-hybridized carbons (Fsp3) is 0.300. The topological polar surface area (TPSA) is 38.3 Å². The van der Waals surface area contributed by atoms with E-state index < -0.39 is 5.37 Å². The maximum absolute atomic E-state index is 10.6. The lowest BCUT2D eigenvalue weighted by atomic mass is 10.1. The molecular formula is C10H11Cl2NO2. The number of hydrogen-bond donors (Lipinski definition) is 1. The van der Waals surface area contributed by atoms with Crippen LogP contribution in [0.5, 0.6) is 5.75 Å². The molecule has 0 aromatic heterocycles. The van der Waals surface area contributed by atoms with Crippen molar-refractivity contribution in [2.45, 2.75) is 13.5 Å². The Morgan fingerprint density at radius 2 is 2.20 bits per heavy atom. The maximum atomic E-state index is 10.6. The summed E-state index contributed by atoms with van der Waals surface area (Å²) in [5.74, 6) is 0.713. The largest absolute Gasteiger partial charge is 0.496 e. The van der Waals surface area contributed by atoms with Crippen LogP contribution in [0.25, 0.3) is 0 Å². The Morgan fingerprint density at radius 1 is 1.53 bits per heavy atom. The third-order valence-corrected chi connectivity index (χ3v) is 2.29. The summed E-state index contributed by atoms with van der Waals surface area (Å²) in [4.78, 5) is 10.6. The summed E-state index contributed by atoms with van der Waals surface area (Å²) in [6.45, 7) is 2.18. The highest BCUT2D eigenvalue weighted by Crippen LogP contribution is 2.27. The van der Waals surface area contributed by atoms with Crippen LogP contribution in [-0.2, 0) is 6.54 Å². The molecule has 0 bridgehead atoms. The lowest BCUT2D eigenvalue weighted by molar-refractivity contribution is 0.259. The van der Waals surface area contributed by atoms with Gasteiger partial charge in [-0.1, -0.05) is 11.6 Å². The van der Waals surface area contributed by atoms with Crippen LogP contribution in [0, 0.1) is 6.92 Å². The van der Waals surface area contributed by atoms with E-state index in [9.17, 15) is 4.79 Å². The van der Waals surface area contributed by atoms with Crippen LogP contribution in [0.3, 0.4) is 0 Å². The van der Waals surface area contributed by atoms with Crippen molar-refractivity contribution in [3.05, 3.63) is 28.3 Å². The fourth-order valence-electron chi connectivity index (χ4n) is 1.39. The molecule has 15 heavy (non-hydrogen) atoms. The monoisotopic (exact) mass is 247 g/mol. The highest BCUT2D eigenvalue weighted by Gasteiger charge is 2.08. The molecule has 1 aromatic carbocycles. The summed E-state index contributed by atoms with van der Waals surface area (Å²) >= 11 is 11.1. The van der Waals surface area contributed by atoms with E-state index in [1.54, 1.807) is 19.2 Å². The van der Waals surface area contributed by atoms with Crippen LogP contribution >= 0.6 is 23.2 Å². The number of amides is 1. The zero-order chi connectivity index (χ0) is 11.4. The van der Waals surface area contributed by atoms with Crippen LogP contribution in [0.2, 0.25) is 5.02 Å². The van der Waals surface area contributed by atoms with Crippen LogP contribution in [0.4, 0.5) is 4.79 Å². The molecule has 0 spiro atoms. The number of rotatable bonds is 3. The van der Waals surface area contributed by atoms with Gasteiger partial charge in [-0.3, -0.25) is 4.79 Å². The molecule has 0 atom stereocenters. The number of halogens is 2. The van der Waals surface area contributed by atoms with E-state index in [2.05, 4.69) is 5.32 Å². The van der Waals surface area contributed by atoms with Gasteiger partial charge < -0.3 is 10.1 Å². The average Bonchev–Trinajstić information content (AvgIpc) is 2.13. The van der Waals surface area contributed by atoms with Gasteiger partial charge in [0, 0.05) is 17.1 Å². The molecule has 0 radical (unpaired) electrons. The Bertz CT molecular complexity index is 380. The number of benzene rings is 1. The van der Waals surface area contributed by atoms with E-state index in [0.29, 0.717) is 17.3 Å². The van der Waals surface area contributed by atoms with Gasteiger partial charge in [0.2, 0.25) is 0 Å². The third kappa shape index (κ3) is 3.29. The number of hydrogen-bond acceptors (Lipinski definition) is 2. The SMILES string of the molecule is COc1c(C)cc(Cl)cc1CNC(=O)Cl. The van der Waals surface area contributed by atoms with Crippen molar-refractivity contribution in [1.29, 1.82) is 0 Å². The highest BCUT2D eigenvalue weighted by atomic mass is 35.5. The van der Waals surface area contributed by atoms with Crippen molar-refractivity contribution < 1.29 is 9.53 Å². The van der Waals surface area contributed by atoms with Gasteiger partial charge in [-0.2, -0.15) is 0 Å². The van der Waals surface area contributed by atoms with Gasteiger partial charge in [-0.25, -0.2) is 0 Å². The lowest BCUT2D eigenvalue weighted by Crippen LogP contribution is -2.16. The number of ether oxygens (including phenoxy) is 1. The molecule has 0 unspecified atom stereocenters. The van der Waals surface area contributed by atoms with Crippen LogP contribution < -0.4 is 10.1 Å². The minimum atomic E-state index is -0.602. The summed E-state index contributed by atoms with van der Waals surface area (Å²) in [5, 5.41) is 2.48. The lowest BCUT2D eigenvalue weighted by Gasteiger charge is -2.11. The molecule has 0 fully saturated rings. The molecule has 82 valence electrons. The summed E-state index contributed by atoms with van der Waals surface area (Å²) in [6, 6.07) is 3.53. The van der Waals surface area contributed by atoms with Crippen LogP contribution in [0.15, 0.2) is 12.1 Å². The normalized spacial score (nSPS) is 9.87. The number of nitrogens with one attached hydrogen (secondary N) is 1. The molecule has 0 aliphatic heterocycles. The molecule has 0 saturated heterocycles. The Balaban J connectivity index is 2.98. The van der Waals surface area contributed by atoms with Crippen LogP contribution in [-0.4, -0.2) is 12.5 Å². The predicted octanol–water partition coefficient (Wildman–Crippen LogP) is 3.11. The Labute approximate surface area is 98.3 Å². The minimum absolute atomic E-state index is 0.299. The molecule has 5 heteroatoms. The second-order valence-corrected chi connectivity index (χ2v) is 3.82. The van der Waals surface area contributed by atoms with E-state index in [-0.39, 0.29) is 0 Å². The standard InChI is InChI=1S/C10H11Cl2NO2/c1-6-3-8(11)4-7(9(6)15-2)5-13-10(12)14/h3-4H,5H2,1-2H3,(H,13,14). The van der Waals surface area contributed by atoms with Gasteiger partial charge in [0.15, 0.2) is 0 Å². The summed E-state index contributed by atoms with van der Waals surface area (Å²) in [7, 11) is 1.57. The minimum Gasteiger partial charge on any atom is -0.496 e. The summed E-state index contributed by atoms with van der Waals surface area (Å²) < 4.78 is 5.21. The highest BCUT2D eigenvalue weighted by molar-refractivity contribution is 6.62. The number of carbonyl (C=O) groups is 1. The maximum Gasteiger partial charge on any atom is 0.314 e. The van der Waals surface area contributed by atoms with Crippen molar-refractivity contribution in [3.63, 3.8) is 0 Å². The molecule has 1 aromatic rings. The van der Waals surface area contributed by atoms with Gasteiger partial charge in [-0.05, 0) is 36.2 Å². The molecule has 0 aliphatic carbocycles. The van der Waals surface area contributed by atoms with E-state index in [1.807, 2.05) is 6.92 Å². The summed E-state index contributed by atoms with van der Waals surface area (Å²) in [5.41, 5.74) is 1.72. The van der Waals surface area contributed by atoms with Crippen molar-refractivity contribution in [2.24, 2.45) is 0 Å². The quantitative estimate of drug-likeness (QED) is 0.659. The smallest absolute Gasteiger partial charge is 0.314 e. The van der Waals surface area contributed by atoms with E-state index >= 15 is 0 Å². The van der Waals surface area contributed by atoms with Gasteiger partial charge in [0.05, 0.1) is 7.11 Å². The fourth-order valence-corrected chi connectivity index (χ4v) is 1.75. The van der Waals surface area contributed by atoms with Crippen molar-refractivity contribution in [3.8, 4) is 5.75 Å². The molecule has 0 heterocycles. The van der Waals surface area contributed by atoms with Crippen molar-refractivity contribution in [2.75, 3.05) is 7.11 Å². The number of carbonyl (C=O) groups excluding carboxylic acids is 1. The first kappa shape index (κ1) is 12.1. The van der Waals surface area contributed by atoms with Crippen molar-refractivity contribution >= 4 is 28.6 Å². The first-order valence-corrected chi connectivity index (χ1v) is 5.06. The Kier molecular flexibility index (Phi) is 4.24. The molecule has 0 saturated carbocycles. The van der Waals surface area contributed by atoms with E-state index in [0.717, 1.165) is 11.1 Å². The van der Waals surface area contributed by atoms with Gasteiger partial charge in [-0.15, -0.1) is 0 Å². The zero-order valence-corrected chi connectivity index (χ0v) is 9.95. The molecule has 1 amide bonds. The second-order valence-electron chi connectivity index (χ2n) is 3.04. The first-order valence-electron chi connectivity index (χ1n) is 4.31. The molecule has 1 rings (SSSR count). The Morgan fingerprint density at radius 3 is 2.73 bits per heavy atom. The van der Waals surface area contributed by atoms with Gasteiger partial charge >= 0.3 is 5.37 Å². The van der Waals surface area contributed by atoms with E-state index in [1.165, 1.54) is 0 Å². The van der Waals surface area contributed by atoms with E-state index in [4.69, 9.17) is 27.9 Å². The third-order valence-electron chi connectivity index (χ3n) is 1.94. The van der Waals surface area contributed by atoms with Gasteiger partial charge in [0.1, 0.15) is 5.75 Å².